The van der Waals surface area contributed by atoms with Crippen molar-refractivity contribution in [3.8, 4) is 0 Å². The van der Waals surface area contributed by atoms with E-state index in [1.54, 1.807) is 13.8 Å². The molecule has 0 heterocycles. The van der Waals surface area contributed by atoms with E-state index in [1.165, 1.54) is 16.7 Å². The maximum absolute atomic E-state index is 11.0. The van der Waals surface area contributed by atoms with Crippen LogP contribution < -0.4 is 0 Å². The summed E-state index contributed by atoms with van der Waals surface area (Å²) in [5, 5.41) is 9.01. The Balaban J connectivity index is 2.58. The standard InChI is InChI=1S/C16H22O2/c1-12-8-9-14(13(2)11-12)7-5-6-10-16(3,4)15(17)18/h5,7-9,11H,6,10H2,1-4H3,(H,17,18)/b7-5+. The zero-order valence-electron chi connectivity index (χ0n) is 11.7. The molecular formula is C16H22O2. The maximum atomic E-state index is 11.0. The highest BCUT2D eigenvalue weighted by Gasteiger charge is 2.25. The predicted octanol–water partition coefficient (Wildman–Crippen LogP) is 4.21. The second kappa shape index (κ2) is 5.85. The molecule has 0 aliphatic carbocycles. The molecule has 0 amide bonds. The molecule has 1 aromatic rings. The van der Waals surface area contributed by atoms with Crippen LogP contribution in [0.5, 0.6) is 0 Å². The van der Waals surface area contributed by atoms with E-state index < -0.39 is 11.4 Å². The van der Waals surface area contributed by atoms with Crippen molar-refractivity contribution in [1.82, 2.24) is 0 Å². The number of aliphatic carboxylic acids is 1. The molecule has 0 saturated carbocycles. The number of carbonyl (C=O) groups is 1. The molecule has 0 aromatic heterocycles. The Labute approximate surface area is 109 Å². The number of hydrogen-bond acceptors (Lipinski definition) is 1. The summed E-state index contributed by atoms with van der Waals surface area (Å²) in [5.74, 6) is -0.734. The van der Waals surface area contributed by atoms with Crippen LogP contribution in [0.2, 0.25) is 0 Å². The van der Waals surface area contributed by atoms with Crippen LogP contribution in [-0.4, -0.2) is 11.1 Å². The smallest absolute Gasteiger partial charge is 0.309 e. The molecule has 2 heteroatoms. The van der Waals surface area contributed by atoms with Crippen molar-refractivity contribution in [1.29, 1.82) is 0 Å². The van der Waals surface area contributed by atoms with E-state index in [2.05, 4.69) is 44.2 Å². The number of carboxylic acid groups (broad SMARTS) is 1. The quantitative estimate of drug-likeness (QED) is 0.845. The van der Waals surface area contributed by atoms with Crippen LogP contribution in [0, 0.1) is 19.3 Å². The summed E-state index contributed by atoms with van der Waals surface area (Å²) < 4.78 is 0. The molecule has 0 atom stereocenters. The molecule has 1 aromatic carbocycles. The van der Waals surface area contributed by atoms with E-state index in [0.717, 1.165) is 6.42 Å². The van der Waals surface area contributed by atoms with Gasteiger partial charge in [0, 0.05) is 0 Å². The van der Waals surface area contributed by atoms with Gasteiger partial charge in [0.15, 0.2) is 0 Å². The lowest BCUT2D eigenvalue weighted by molar-refractivity contribution is -0.147. The van der Waals surface area contributed by atoms with Crippen LogP contribution in [0.1, 0.15) is 43.4 Å². The molecule has 1 N–H and O–H groups in total. The molecule has 0 spiro atoms. The summed E-state index contributed by atoms with van der Waals surface area (Å²) in [6, 6.07) is 6.35. The van der Waals surface area contributed by atoms with Crippen LogP contribution in [-0.2, 0) is 4.79 Å². The van der Waals surface area contributed by atoms with Crippen LogP contribution in [0.3, 0.4) is 0 Å². The first-order valence-corrected chi connectivity index (χ1v) is 6.30. The largest absolute Gasteiger partial charge is 0.481 e. The Hall–Kier alpha value is -1.57. The van der Waals surface area contributed by atoms with Gasteiger partial charge < -0.3 is 5.11 Å². The van der Waals surface area contributed by atoms with Crippen molar-refractivity contribution < 1.29 is 9.90 Å². The van der Waals surface area contributed by atoms with E-state index in [-0.39, 0.29) is 0 Å². The Kier molecular flexibility index (Phi) is 4.71. The zero-order valence-corrected chi connectivity index (χ0v) is 11.7. The van der Waals surface area contributed by atoms with Crippen LogP contribution >= 0.6 is 0 Å². The van der Waals surface area contributed by atoms with Gasteiger partial charge >= 0.3 is 5.97 Å². The van der Waals surface area contributed by atoms with E-state index in [4.69, 9.17) is 5.11 Å². The van der Waals surface area contributed by atoms with Crippen LogP contribution in [0.15, 0.2) is 24.3 Å². The molecule has 0 aliphatic rings. The van der Waals surface area contributed by atoms with Crippen LogP contribution in [0.25, 0.3) is 6.08 Å². The number of rotatable bonds is 5. The molecule has 2 nitrogen and oxygen atoms in total. The first-order chi connectivity index (χ1) is 8.33. The summed E-state index contributed by atoms with van der Waals surface area (Å²) in [6.07, 6.45) is 5.57. The SMILES string of the molecule is Cc1ccc(/C=C/CCC(C)(C)C(=O)O)c(C)c1. The highest BCUT2D eigenvalue weighted by Crippen LogP contribution is 2.23. The van der Waals surface area contributed by atoms with E-state index in [1.807, 2.05) is 0 Å². The van der Waals surface area contributed by atoms with Crippen molar-refractivity contribution >= 4 is 12.0 Å². The molecule has 18 heavy (non-hydrogen) atoms. The first kappa shape index (κ1) is 14.5. The zero-order chi connectivity index (χ0) is 13.8. The second-order valence-corrected chi connectivity index (χ2v) is 5.49. The van der Waals surface area contributed by atoms with E-state index in [0.29, 0.717) is 6.42 Å². The Bertz CT molecular complexity index is 456. The summed E-state index contributed by atoms with van der Waals surface area (Å²) in [4.78, 5) is 11.0. The molecule has 0 saturated heterocycles. The summed E-state index contributed by atoms with van der Waals surface area (Å²) in [7, 11) is 0. The summed E-state index contributed by atoms with van der Waals surface area (Å²) in [5.41, 5.74) is 3.07. The van der Waals surface area contributed by atoms with Crippen LogP contribution in [0.4, 0.5) is 0 Å². The third-order valence-electron chi connectivity index (χ3n) is 3.24. The Morgan fingerprint density at radius 3 is 2.56 bits per heavy atom. The molecule has 0 radical (unpaired) electrons. The van der Waals surface area contributed by atoms with Gasteiger partial charge in [0.1, 0.15) is 0 Å². The molecule has 1 rings (SSSR count). The maximum Gasteiger partial charge on any atom is 0.309 e. The normalized spacial score (nSPS) is 12.0. The number of allylic oxidation sites excluding steroid dienone is 1. The average Bonchev–Trinajstić information content (AvgIpc) is 2.26. The van der Waals surface area contributed by atoms with Gasteiger partial charge in [0.25, 0.3) is 0 Å². The van der Waals surface area contributed by atoms with Crippen molar-refractivity contribution in [2.45, 2.75) is 40.5 Å². The monoisotopic (exact) mass is 246 g/mol. The highest BCUT2D eigenvalue weighted by atomic mass is 16.4. The fraction of sp³-hybridized carbons (Fsp3) is 0.438. The molecule has 0 aliphatic heterocycles. The lowest BCUT2D eigenvalue weighted by atomic mass is 9.88. The topological polar surface area (TPSA) is 37.3 Å². The second-order valence-electron chi connectivity index (χ2n) is 5.49. The molecule has 0 fully saturated rings. The van der Waals surface area contributed by atoms with Gasteiger partial charge in [0.2, 0.25) is 0 Å². The Morgan fingerprint density at radius 2 is 2.00 bits per heavy atom. The highest BCUT2D eigenvalue weighted by molar-refractivity contribution is 5.73. The lowest BCUT2D eigenvalue weighted by Gasteiger charge is -2.17. The number of benzene rings is 1. The van der Waals surface area contributed by atoms with Gasteiger partial charge in [-0.15, -0.1) is 0 Å². The number of hydrogen-bond donors (Lipinski definition) is 1. The van der Waals surface area contributed by atoms with Crippen molar-refractivity contribution in [3.05, 3.63) is 41.0 Å². The predicted molar refractivity (Wildman–Crippen MR) is 75.6 cm³/mol. The van der Waals surface area contributed by atoms with Gasteiger partial charge in [-0.05, 0) is 51.7 Å². The van der Waals surface area contributed by atoms with Crippen molar-refractivity contribution in [2.75, 3.05) is 0 Å². The van der Waals surface area contributed by atoms with Gasteiger partial charge in [-0.1, -0.05) is 35.9 Å². The molecular weight excluding hydrogens is 224 g/mol. The Morgan fingerprint density at radius 1 is 1.33 bits per heavy atom. The van der Waals surface area contributed by atoms with E-state index in [9.17, 15) is 4.79 Å². The summed E-state index contributed by atoms with van der Waals surface area (Å²) >= 11 is 0. The minimum atomic E-state index is -0.734. The molecule has 0 unspecified atom stereocenters. The van der Waals surface area contributed by atoms with Gasteiger partial charge in [0.05, 0.1) is 5.41 Å². The average molecular weight is 246 g/mol. The molecule has 0 bridgehead atoms. The number of aryl methyl sites for hydroxylation is 2. The van der Waals surface area contributed by atoms with Crippen molar-refractivity contribution in [3.63, 3.8) is 0 Å². The minimum absolute atomic E-state index is 0.646. The third kappa shape index (κ3) is 4.02. The minimum Gasteiger partial charge on any atom is -0.481 e. The number of carboxylic acids is 1. The van der Waals surface area contributed by atoms with E-state index >= 15 is 0 Å². The molecule has 98 valence electrons. The van der Waals surface area contributed by atoms with Crippen molar-refractivity contribution in [2.24, 2.45) is 5.41 Å². The summed E-state index contributed by atoms with van der Waals surface area (Å²) in [6.45, 7) is 7.70. The fourth-order valence-electron chi connectivity index (χ4n) is 1.77. The first-order valence-electron chi connectivity index (χ1n) is 6.30. The van der Waals surface area contributed by atoms with Gasteiger partial charge in [-0.25, -0.2) is 0 Å². The van der Waals surface area contributed by atoms with Gasteiger partial charge in [-0.3, -0.25) is 4.79 Å². The third-order valence-corrected chi connectivity index (χ3v) is 3.24. The fourth-order valence-corrected chi connectivity index (χ4v) is 1.77. The van der Waals surface area contributed by atoms with Gasteiger partial charge in [-0.2, -0.15) is 0 Å². The lowest BCUT2D eigenvalue weighted by Crippen LogP contribution is -2.22.